The molecule has 222 valence electrons. The summed E-state index contributed by atoms with van der Waals surface area (Å²) < 4.78 is 16.1. The average Bonchev–Trinajstić information content (AvgIpc) is 3.62. The first-order valence-corrected chi connectivity index (χ1v) is 16.7. The van der Waals surface area contributed by atoms with Crippen LogP contribution in [0.25, 0.3) is 0 Å². The third-order valence-electron chi connectivity index (χ3n) is 8.18. The van der Waals surface area contributed by atoms with Gasteiger partial charge in [0.2, 0.25) is 5.95 Å². The van der Waals surface area contributed by atoms with Crippen molar-refractivity contribution >= 4 is 52.0 Å². The van der Waals surface area contributed by atoms with Crippen LogP contribution in [0.3, 0.4) is 0 Å². The SMILES string of the molecule is Cc1cc(N2CCC(N)C2)nc(N2CCN(Sc3ccc4c(c3)CCN4C(=O)c3ccccc3N(C)S(C)=O)CC2)n1. The van der Waals surface area contributed by atoms with Crippen molar-refractivity contribution in [2.75, 3.05) is 78.1 Å². The molecule has 2 N–H and O–H groups in total. The number of piperazine rings is 1. The molecule has 4 heterocycles. The van der Waals surface area contributed by atoms with Crippen LogP contribution in [0, 0.1) is 6.92 Å². The second-order valence-electron chi connectivity index (χ2n) is 11.1. The van der Waals surface area contributed by atoms with Crippen LogP contribution in [0.5, 0.6) is 0 Å². The highest BCUT2D eigenvalue weighted by Crippen LogP contribution is 2.35. The van der Waals surface area contributed by atoms with Gasteiger partial charge in [-0.25, -0.2) is 13.5 Å². The molecule has 12 heteroatoms. The number of nitrogens with two attached hydrogens (primary N) is 1. The van der Waals surface area contributed by atoms with E-state index in [1.165, 1.54) is 10.5 Å². The molecule has 3 aliphatic heterocycles. The van der Waals surface area contributed by atoms with Crippen LogP contribution in [0.15, 0.2) is 53.4 Å². The van der Waals surface area contributed by atoms with E-state index in [0.29, 0.717) is 17.8 Å². The zero-order chi connectivity index (χ0) is 29.4. The minimum atomic E-state index is -1.22. The fourth-order valence-electron chi connectivity index (χ4n) is 5.82. The highest BCUT2D eigenvalue weighted by Gasteiger charge is 2.29. The van der Waals surface area contributed by atoms with Gasteiger partial charge in [0.1, 0.15) is 16.8 Å². The van der Waals surface area contributed by atoms with Gasteiger partial charge < -0.3 is 20.4 Å². The topological polar surface area (TPSA) is 102 Å². The number of para-hydroxylation sites is 1. The highest BCUT2D eigenvalue weighted by atomic mass is 32.2. The Morgan fingerprint density at radius 2 is 1.81 bits per heavy atom. The van der Waals surface area contributed by atoms with E-state index >= 15 is 0 Å². The summed E-state index contributed by atoms with van der Waals surface area (Å²) in [5.41, 5.74) is 10.5. The summed E-state index contributed by atoms with van der Waals surface area (Å²) in [5.74, 6) is 1.71. The van der Waals surface area contributed by atoms with Crippen molar-refractivity contribution < 1.29 is 9.00 Å². The molecule has 42 heavy (non-hydrogen) atoms. The van der Waals surface area contributed by atoms with Gasteiger partial charge in [-0.3, -0.25) is 9.10 Å². The molecule has 0 bridgehead atoms. The van der Waals surface area contributed by atoms with Crippen molar-refractivity contribution in [1.29, 1.82) is 0 Å². The van der Waals surface area contributed by atoms with Gasteiger partial charge in [0.25, 0.3) is 5.91 Å². The number of carbonyl (C=O) groups is 1. The van der Waals surface area contributed by atoms with Gasteiger partial charge >= 0.3 is 0 Å². The summed E-state index contributed by atoms with van der Waals surface area (Å²) >= 11 is 1.77. The lowest BCUT2D eigenvalue weighted by molar-refractivity contribution is 0.0990. The van der Waals surface area contributed by atoms with Gasteiger partial charge in [0, 0.05) is 87.5 Å². The summed E-state index contributed by atoms with van der Waals surface area (Å²) in [6.07, 6.45) is 3.43. The second kappa shape index (κ2) is 12.2. The van der Waals surface area contributed by atoms with Crippen molar-refractivity contribution in [3.63, 3.8) is 0 Å². The number of hydrogen-bond acceptors (Lipinski definition) is 9. The van der Waals surface area contributed by atoms with Gasteiger partial charge in [0.15, 0.2) is 0 Å². The number of benzene rings is 2. The van der Waals surface area contributed by atoms with Crippen molar-refractivity contribution in [2.45, 2.75) is 30.7 Å². The van der Waals surface area contributed by atoms with Crippen molar-refractivity contribution in [3.8, 4) is 0 Å². The second-order valence-corrected chi connectivity index (χ2v) is 13.7. The Labute approximate surface area is 254 Å². The molecule has 0 saturated carbocycles. The minimum absolute atomic E-state index is 0.0627. The molecular formula is C30H38N8O2S2. The van der Waals surface area contributed by atoms with E-state index in [9.17, 15) is 9.00 Å². The third-order valence-corrected chi connectivity index (χ3v) is 10.2. The molecule has 10 nitrogen and oxygen atoms in total. The molecule has 3 aromatic rings. The number of anilines is 4. The molecule has 1 aromatic heterocycles. The first-order chi connectivity index (χ1) is 20.3. The Morgan fingerprint density at radius 1 is 1.02 bits per heavy atom. The fraction of sp³-hybridized carbons (Fsp3) is 0.433. The summed E-state index contributed by atoms with van der Waals surface area (Å²) in [5, 5.41) is 0. The maximum absolute atomic E-state index is 13.6. The Bertz CT molecular complexity index is 1500. The van der Waals surface area contributed by atoms with E-state index in [0.717, 1.165) is 75.3 Å². The summed E-state index contributed by atoms with van der Waals surface area (Å²) in [6.45, 7) is 7.98. The first-order valence-electron chi connectivity index (χ1n) is 14.4. The van der Waals surface area contributed by atoms with E-state index in [1.807, 2.05) is 36.1 Å². The summed E-state index contributed by atoms with van der Waals surface area (Å²) in [7, 11) is 0.529. The lowest BCUT2D eigenvalue weighted by atomic mass is 10.1. The lowest BCUT2D eigenvalue weighted by Crippen LogP contribution is -2.44. The van der Waals surface area contributed by atoms with Crippen LogP contribution in [-0.4, -0.2) is 89.5 Å². The maximum Gasteiger partial charge on any atom is 0.260 e. The van der Waals surface area contributed by atoms with Gasteiger partial charge in [-0.15, -0.1) is 0 Å². The van der Waals surface area contributed by atoms with Crippen molar-refractivity contribution in [3.05, 3.63) is 65.4 Å². The predicted molar refractivity (Wildman–Crippen MR) is 172 cm³/mol. The summed E-state index contributed by atoms with van der Waals surface area (Å²) in [6, 6.07) is 16.0. The van der Waals surface area contributed by atoms with E-state index in [4.69, 9.17) is 15.7 Å². The number of aromatic nitrogens is 2. The molecule has 6 rings (SSSR count). The number of nitrogens with zero attached hydrogens (tertiary/aromatic N) is 7. The number of carbonyl (C=O) groups excluding carboxylic acids is 1. The molecule has 0 spiro atoms. The van der Waals surface area contributed by atoms with Crippen LogP contribution < -0.4 is 24.7 Å². The molecule has 2 fully saturated rings. The Hall–Kier alpha value is -3.19. The number of amides is 1. The molecule has 1 amide bonds. The van der Waals surface area contributed by atoms with Crippen molar-refractivity contribution in [1.82, 2.24) is 14.3 Å². The zero-order valence-corrected chi connectivity index (χ0v) is 26.0. The standard InChI is InChI=1S/C30H38N8O2S2/c1-21-18-28(36-12-11-23(31)20-36)33-30(32-21)35-14-16-37(17-15-35)41-24-8-9-26-22(19-24)10-13-38(26)29(39)25-6-4-5-7-27(25)34(2)42(3)40/h4-9,18-19,23H,10-17,20,31H2,1-3H3. The van der Waals surface area contributed by atoms with Gasteiger partial charge in [-0.05, 0) is 67.6 Å². The van der Waals surface area contributed by atoms with Crippen LogP contribution in [0.4, 0.5) is 23.1 Å². The Kier molecular flexibility index (Phi) is 8.39. The monoisotopic (exact) mass is 606 g/mol. The van der Waals surface area contributed by atoms with E-state index in [-0.39, 0.29) is 11.9 Å². The van der Waals surface area contributed by atoms with Gasteiger partial charge in [0.05, 0.1) is 11.3 Å². The van der Waals surface area contributed by atoms with E-state index in [2.05, 4.69) is 38.4 Å². The van der Waals surface area contributed by atoms with E-state index in [1.54, 1.807) is 29.6 Å². The maximum atomic E-state index is 13.6. The Morgan fingerprint density at radius 3 is 2.55 bits per heavy atom. The minimum Gasteiger partial charge on any atom is -0.355 e. The normalized spacial score (nSPS) is 19.7. The zero-order valence-electron chi connectivity index (χ0n) is 24.4. The average molecular weight is 607 g/mol. The van der Waals surface area contributed by atoms with E-state index < -0.39 is 11.0 Å². The van der Waals surface area contributed by atoms with Crippen molar-refractivity contribution in [2.24, 2.45) is 5.73 Å². The largest absolute Gasteiger partial charge is 0.355 e. The molecular weight excluding hydrogens is 569 g/mol. The molecule has 2 saturated heterocycles. The van der Waals surface area contributed by atoms with Crippen LogP contribution in [-0.2, 0) is 17.4 Å². The number of rotatable bonds is 7. The van der Waals surface area contributed by atoms with Crippen LogP contribution >= 0.6 is 11.9 Å². The van der Waals surface area contributed by atoms with Gasteiger partial charge in [-0.2, -0.15) is 4.98 Å². The molecule has 0 aliphatic carbocycles. The first kappa shape index (κ1) is 28.9. The number of fused-ring (bicyclic) bond motifs is 1. The fourth-order valence-corrected chi connectivity index (χ4v) is 7.23. The molecule has 2 unspecified atom stereocenters. The molecule has 2 aromatic carbocycles. The number of hydrogen-bond donors (Lipinski definition) is 1. The number of aryl methyl sites for hydroxylation is 1. The van der Waals surface area contributed by atoms with Crippen LogP contribution in [0.1, 0.15) is 28.0 Å². The summed E-state index contributed by atoms with van der Waals surface area (Å²) in [4.78, 5) is 30.8. The van der Waals surface area contributed by atoms with Gasteiger partial charge in [-0.1, -0.05) is 12.1 Å². The molecule has 0 radical (unpaired) electrons. The third kappa shape index (κ3) is 5.98. The lowest BCUT2D eigenvalue weighted by Gasteiger charge is -2.34. The quantitative estimate of drug-likeness (QED) is 0.407. The predicted octanol–water partition coefficient (Wildman–Crippen LogP) is 3.08. The molecule has 3 aliphatic rings. The highest BCUT2D eigenvalue weighted by molar-refractivity contribution is 7.97. The smallest absolute Gasteiger partial charge is 0.260 e. The van der Waals surface area contributed by atoms with Crippen LogP contribution in [0.2, 0.25) is 0 Å². The Balaban J connectivity index is 1.09. The molecule has 2 atom stereocenters.